The number of benzene rings is 1. The molecule has 28 heavy (non-hydrogen) atoms. The molecule has 1 aliphatic heterocycles. The molecule has 7 nitrogen and oxygen atoms in total. The number of nitrogens with one attached hydrogen (secondary N) is 1. The van der Waals surface area contributed by atoms with Crippen molar-refractivity contribution in [1.29, 1.82) is 0 Å². The van der Waals surface area contributed by atoms with Gasteiger partial charge in [0.1, 0.15) is 5.75 Å². The highest BCUT2D eigenvalue weighted by Crippen LogP contribution is 2.23. The van der Waals surface area contributed by atoms with Crippen LogP contribution < -0.4 is 10.1 Å². The maximum Gasteiger partial charge on any atom is 0.292 e. The van der Waals surface area contributed by atoms with Crippen molar-refractivity contribution in [3.63, 3.8) is 0 Å². The lowest BCUT2D eigenvalue weighted by Crippen LogP contribution is -2.33. The van der Waals surface area contributed by atoms with Gasteiger partial charge in [-0.1, -0.05) is 23.7 Å². The fraction of sp³-hybridized carbons (Fsp3) is 0.450. The average Bonchev–Trinajstić information content (AvgIpc) is 3.18. The van der Waals surface area contributed by atoms with Crippen LogP contribution in [0.25, 0.3) is 0 Å². The third kappa shape index (κ3) is 5.04. The SMILES string of the molecule is CCc1cc(C(=O)N2CCCCNC(=O)c3cc(Cl)ccc3OCCC2)on1. The van der Waals surface area contributed by atoms with Gasteiger partial charge in [-0.25, -0.2) is 0 Å². The van der Waals surface area contributed by atoms with E-state index < -0.39 is 0 Å². The molecule has 0 saturated heterocycles. The summed E-state index contributed by atoms with van der Waals surface area (Å²) in [7, 11) is 0. The average molecular weight is 406 g/mol. The zero-order chi connectivity index (χ0) is 19.9. The summed E-state index contributed by atoms with van der Waals surface area (Å²) >= 11 is 6.02. The van der Waals surface area contributed by atoms with Crippen LogP contribution in [0.2, 0.25) is 5.02 Å². The first-order chi connectivity index (χ1) is 13.6. The van der Waals surface area contributed by atoms with E-state index in [0.29, 0.717) is 55.4 Å². The zero-order valence-corrected chi connectivity index (χ0v) is 16.6. The van der Waals surface area contributed by atoms with Gasteiger partial charge in [0.2, 0.25) is 5.76 Å². The largest absolute Gasteiger partial charge is 0.493 e. The third-order valence-electron chi connectivity index (χ3n) is 4.58. The lowest BCUT2D eigenvalue weighted by atomic mass is 10.2. The molecule has 0 atom stereocenters. The topological polar surface area (TPSA) is 84.7 Å². The smallest absolute Gasteiger partial charge is 0.292 e. The Balaban J connectivity index is 1.70. The standard InChI is InChI=1S/C20H24ClN3O4/c1-2-15-13-18(28-23-15)20(26)24-9-4-3-8-22-19(25)16-12-14(21)6-7-17(16)27-11-5-10-24/h6-7,12-13H,2-5,8-11H2,1H3,(H,22,25). The molecule has 0 radical (unpaired) electrons. The Morgan fingerprint density at radius 2 is 2.07 bits per heavy atom. The van der Waals surface area contributed by atoms with E-state index in [1.807, 2.05) is 6.92 Å². The van der Waals surface area contributed by atoms with E-state index in [2.05, 4.69) is 10.5 Å². The van der Waals surface area contributed by atoms with Gasteiger partial charge in [0.15, 0.2) is 0 Å². The lowest BCUT2D eigenvalue weighted by Gasteiger charge is -2.21. The van der Waals surface area contributed by atoms with E-state index in [0.717, 1.165) is 18.5 Å². The van der Waals surface area contributed by atoms with E-state index in [4.69, 9.17) is 20.9 Å². The number of hydrogen-bond acceptors (Lipinski definition) is 5. The molecule has 0 unspecified atom stereocenters. The summed E-state index contributed by atoms with van der Waals surface area (Å²) in [4.78, 5) is 26.9. The van der Waals surface area contributed by atoms with Crippen LogP contribution >= 0.6 is 11.6 Å². The number of ether oxygens (including phenoxy) is 1. The predicted octanol–water partition coefficient (Wildman–Crippen LogP) is 3.33. The van der Waals surface area contributed by atoms with Crippen molar-refractivity contribution >= 4 is 23.4 Å². The van der Waals surface area contributed by atoms with Gasteiger partial charge < -0.3 is 19.5 Å². The molecule has 1 N–H and O–H groups in total. The van der Waals surface area contributed by atoms with Gasteiger partial charge in [-0.15, -0.1) is 0 Å². The summed E-state index contributed by atoms with van der Waals surface area (Å²) in [6, 6.07) is 6.69. The van der Waals surface area contributed by atoms with Crippen LogP contribution in [0.1, 0.15) is 52.8 Å². The summed E-state index contributed by atoms with van der Waals surface area (Å²) in [6.07, 6.45) is 2.87. The second-order valence-electron chi connectivity index (χ2n) is 6.63. The van der Waals surface area contributed by atoms with Gasteiger partial charge >= 0.3 is 0 Å². The lowest BCUT2D eigenvalue weighted by molar-refractivity contribution is 0.0701. The summed E-state index contributed by atoms with van der Waals surface area (Å²) in [5.74, 6) is 0.369. The molecule has 2 amide bonds. The van der Waals surface area contributed by atoms with Crippen molar-refractivity contribution in [2.24, 2.45) is 0 Å². The summed E-state index contributed by atoms with van der Waals surface area (Å²) in [5.41, 5.74) is 1.18. The summed E-state index contributed by atoms with van der Waals surface area (Å²) < 4.78 is 11.0. The monoisotopic (exact) mass is 405 g/mol. The minimum absolute atomic E-state index is 0.168. The quantitative estimate of drug-likeness (QED) is 0.828. The second kappa shape index (κ2) is 9.59. The number of aromatic nitrogens is 1. The van der Waals surface area contributed by atoms with Gasteiger partial charge in [0, 0.05) is 30.7 Å². The molecule has 0 saturated carbocycles. The Bertz CT molecular complexity index is 837. The number of rotatable bonds is 2. The fourth-order valence-corrected chi connectivity index (χ4v) is 3.19. The fourth-order valence-electron chi connectivity index (χ4n) is 3.02. The molecule has 2 aromatic rings. The van der Waals surface area contributed by atoms with E-state index >= 15 is 0 Å². The van der Waals surface area contributed by atoms with Gasteiger partial charge in [-0.2, -0.15) is 0 Å². The Morgan fingerprint density at radius 3 is 2.86 bits per heavy atom. The molecule has 0 bridgehead atoms. The van der Waals surface area contributed by atoms with Crippen molar-refractivity contribution in [1.82, 2.24) is 15.4 Å². The van der Waals surface area contributed by atoms with E-state index in [9.17, 15) is 9.59 Å². The number of amides is 2. The summed E-state index contributed by atoms with van der Waals surface area (Å²) in [6.45, 7) is 3.96. The predicted molar refractivity (Wildman–Crippen MR) is 105 cm³/mol. The van der Waals surface area contributed by atoms with Gasteiger partial charge in [0.05, 0.1) is 17.9 Å². The molecule has 8 heteroatoms. The normalized spacial score (nSPS) is 16.1. The zero-order valence-electron chi connectivity index (χ0n) is 15.9. The molecule has 0 spiro atoms. The highest BCUT2D eigenvalue weighted by molar-refractivity contribution is 6.31. The van der Waals surface area contributed by atoms with Crippen molar-refractivity contribution in [3.8, 4) is 5.75 Å². The minimum Gasteiger partial charge on any atom is -0.493 e. The number of fused-ring (bicyclic) bond motifs is 1. The Kier molecular flexibility index (Phi) is 6.92. The number of hydrogen-bond donors (Lipinski definition) is 1. The number of aryl methyl sites for hydroxylation is 1. The summed E-state index contributed by atoms with van der Waals surface area (Å²) in [5, 5.41) is 7.27. The van der Waals surface area contributed by atoms with Crippen molar-refractivity contribution < 1.29 is 18.8 Å². The number of carbonyl (C=O) groups is 2. The van der Waals surface area contributed by atoms with Crippen molar-refractivity contribution in [3.05, 3.63) is 46.3 Å². The highest BCUT2D eigenvalue weighted by Gasteiger charge is 2.21. The molecule has 3 rings (SSSR count). The third-order valence-corrected chi connectivity index (χ3v) is 4.81. The number of nitrogens with zero attached hydrogens (tertiary/aromatic N) is 2. The molecule has 1 aromatic heterocycles. The van der Waals surface area contributed by atoms with Crippen LogP contribution in [0, 0.1) is 0 Å². The van der Waals surface area contributed by atoms with Crippen molar-refractivity contribution in [2.75, 3.05) is 26.2 Å². The maximum atomic E-state index is 12.8. The van der Waals surface area contributed by atoms with Crippen LogP contribution in [-0.4, -0.2) is 48.1 Å². The number of carbonyl (C=O) groups excluding carboxylic acids is 2. The van der Waals surface area contributed by atoms with E-state index in [1.165, 1.54) is 0 Å². The first kappa shape index (κ1) is 20.2. The molecular formula is C20H24ClN3O4. The first-order valence-electron chi connectivity index (χ1n) is 9.54. The molecule has 1 aromatic carbocycles. The van der Waals surface area contributed by atoms with E-state index in [1.54, 1.807) is 29.2 Å². The van der Waals surface area contributed by atoms with Crippen LogP contribution in [0.4, 0.5) is 0 Å². The van der Waals surface area contributed by atoms with Gasteiger partial charge in [-0.3, -0.25) is 9.59 Å². The van der Waals surface area contributed by atoms with Crippen LogP contribution in [-0.2, 0) is 6.42 Å². The maximum absolute atomic E-state index is 12.8. The first-order valence-corrected chi connectivity index (χ1v) is 9.91. The van der Waals surface area contributed by atoms with E-state index in [-0.39, 0.29) is 17.6 Å². The number of halogens is 1. The molecule has 1 aliphatic rings. The molecule has 0 fully saturated rings. The Morgan fingerprint density at radius 1 is 1.25 bits per heavy atom. The van der Waals surface area contributed by atoms with Gasteiger partial charge in [-0.05, 0) is 43.9 Å². The van der Waals surface area contributed by atoms with Crippen LogP contribution in [0.15, 0.2) is 28.8 Å². The van der Waals surface area contributed by atoms with Crippen LogP contribution in [0.5, 0.6) is 5.75 Å². The van der Waals surface area contributed by atoms with Gasteiger partial charge in [0.25, 0.3) is 11.8 Å². The molecule has 150 valence electrons. The molecule has 0 aliphatic carbocycles. The highest BCUT2D eigenvalue weighted by atomic mass is 35.5. The molecular weight excluding hydrogens is 382 g/mol. The van der Waals surface area contributed by atoms with Crippen LogP contribution in [0.3, 0.4) is 0 Å². The second-order valence-corrected chi connectivity index (χ2v) is 7.07. The molecule has 2 heterocycles. The minimum atomic E-state index is -0.210. The Labute approximate surface area is 169 Å². The Hall–Kier alpha value is -2.54. The van der Waals surface area contributed by atoms with Crippen molar-refractivity contribution in [2.45, 2.75) is 32.6 Å².